The molecule has 6 heteroatoms. The Labute approximate surface area is 161 Å². The van der Waals surface area contributed by atoms with E-state index in [1.807, 2.05) is 35.4 Å². The van der Waals surface area contributed by atoms with E-state index in [0.29, 0.717) is 25.4 Å². The van der Waals surface area contributed by atoms with E-state index >= 15 is 0 Å². The zero-order valence-electron chi connectivity index (χ0n) is 16.2. The zero-order chi connectivity index (χ0) is 19.1. The standard InChI is InChI=1S/C20H29ClN4O/c1-16(2)13-20(26)25(12-11-23(3)4)15-19-22-9-10-24(19)14-17-7-5-6-8-18(17)21/h5-10,16H,11-15H2,1-4H3/p+1. The van der Waals surface area contributed by atoms with Gasteiger partial charge >= 0.3 is 0 Å². The van der Waals surface area contributed by atoms with E-state index in [-0.39, 0.29) is 5.91 Å². The van der Waals surface area contributed by atoms with Gasteiger partial charge in [-0.05, 0) is 17.5 Å². The Hall–Kier alpha value is -1.85. The van der Waals surface area contributed by atoms with Crippen molar-refractivity contribution >= 4 is 17.5 Å². The lowest BCUT2D eigenvalue weighted by molar-refractivity contribution is -0.857. The van der Waals surface area contributed by atoms with Crippen LogP contribution in [0.4, 0.5) is 0 Å². The van der Waals surface area contributed by atoms with E-state index in [1.54, 1.807) is 6.20 Å². The second kappa shape index (κ2) is 9.74. The minimum absolute atomic E-state index is 0.188. The van der Waals surface area contributed by atoms with Crippen molar-refractivity contribution in [3.63, 3.8) is 0 Å². The molecule has 0 spiro atoms. The zero-order valence-corrected chi connectivity index (χ0v) is 17.0. The lowest BCUT2D eigenvalue weighted by Crippen LogP contribution is -3.06. The number of nitrogens with zero attached hydrogens (tertiary/aromatic N) is 3. The van der Waals surface area contributed by atoms with Gasteiger partial charge in [-0.1, -0.05) is 43.6 Å². The van der Waals surface area contributed by atoms with E-state index in [2.05, 4.69) is 37.5 Å². The number of aromatic nitrogens is 2. The molecule has 26 heavy (non-hydrogen) atoms. The third kappa shape index (κ3) is 6.15. The topological polar surface area (TPSA) is 42.6 Å². The molecule has 0 atom stereocenters. The lowest BCUT2D eigenvalue weighted by atomic mass is 10.1. The summed E-state index contributed by atoms with van der Waals surface area (Å²) in [6.07, 6.45) is 4.30. The van der Waals surface area contributed by atoms with E-state index in [0.717, 1.165) is 29.5 Å². The average molecular weight is 378 g/mol. The summed E-state index contributed by atoms with van der Waals surface area (Å²) in [5, 5.41) is 0.746. The van der Waals surface area contributed by atoms with Gasteiger partial charge in [0.25, 0.3) is 0 Å². The molecule has 1 N–H and O–H groups in total. The van der Waals surface area contributed by atoms with E-state index in [9.17, 15) is 4.79 Å². The molecule has 2 aromatic rings. The van der Waals surface area contributed by atoms with E-state index in [4.69, 9.17) is 11.6 Å². The predicted octanol–water partition coefficient (Wildman–Crippen LogP) is 2.10. The van der Waals surface area contributed by atoms with E-state index in [1.165, 1.54) is 4.90 Å². The number of hydrogen-bond acceptors (Lipinski definition) is 2. The molecule has 1 aromatic carbocycles. The van der Waals surface area contributed by atoms with Gasteiger partial charge in [0.1, 0.15) is 5.82 Å². The lowest BCUT2D eigenvalue weighted by Gasteiger charge is -2.24. The van der Waals surface area contributed by atoms with Crippen LogP contribution in [0.2, 0.25) is 5.02 Å². The summed E-state index contributed by atoms with van der Waals surface area (Å²) in [6.45, 7) is 6.97. The number of carbonyl (C=O) groups is 1. The molecule has 0 unspecified atom stereocenters. The summed E-state index contributed by atoms with van der Waals surface area (Å²) < 4.78 is 2.07. The van der Waals surface area contributed by atoms with Crippen LogP contribution in [0, 0.1) is 5.92 Å². The van der Waals surface area contributed by atoms with Crippen LogP contribution >= 0.6 is 11.6 Å². The Morgan fingerprint density at radius 2 is 2.04 bits per heavy atom. The molecule has 0 bridgehead atoms. The molecule has 0 saturated heterocycles. The van der Waals surface area contributed by atoms with Crippen molar-refractivity contribution in [1.29, 1.82) is 0 Å². The number of carbonyl (C=O) groups excluding carboxylic acids is 1. The SMILES string of the molecule is CC(C)CC(=O)N(CC[NH+](C)C)Cc1nccn1Cc1ccccc1Cl. The van der Waals surface area contributed by atoms with Gasteiger partial charge in [-0.15, -0.1) is 0 Å². The first kappa shape index (κ1) is 20.5. The summed E-state index contributed by atoms with van der Waals surface area (Å²) in [7, 11) is 4.20. The molecular formula is C20H30ClN4O+. The smallest absolute Gasteiger partial charge is 0.223 e. The maximum absolute atomic E-state index is 12.7. The van der Waals surface area contributed by atoms with Crippen LogP contribution in [0.1, 0.15) is 31.7 Å². The number of quaternary nitrogens is 1. The molecule has 0 aliphatic heterocycles. The Morgan fingerprint density at radius 1 is 1.31 bits per heavy atom. The molecule has 1 heterocycles. The minimum Gasteiger partial charge on any atom is -0.338 e. The summed E-state index contributed by atoms with van der Waals surface area (Å²) in [6, 6.07) is 7.82. The third-order valence-electron chi connectivity index (χ3n) is 4.25. The predicted molar refractivity (Wildman–Crippen MR) is 105 cm³/mol. The third-order valence-corrected chi connectivity index (χ3v) is 4.62. The normalized spacial score (nSPS) is 11.3. The maximum Gasteiger partial charge on any atom is 0.223 e. The fraction of sp³-hybridized carbons (Fsp3) is 0.500. The highest BCUT2D eigenvalue weighted by Crippen LogP contribution is 2.17. The van der Waals surface area contributed by atoms with Gasteiger partial charge in [0.15, 0.2) is 0 Å². The summed E-state index contributed by atoms with van der Waals surface area (Å²) in [5.74, 6) is 1.42. The summed E-state index contributed by atoms with van der Waals surface area (Å²) >= 11 is 6.29. The quantitative estimate of drug-likeness (QED) is 0.727. The Kier molecular flexibility index (Phi) is 7.66. The Morgan fingerprint density at radius 3 is 2.69 bits per heavy atom. The molecule has 0 aliphatic carbocycles. The largest absolute Gasteiger partial charge is 0.338 e. The highest BCUT2D eigenvalue weighted by molar-refractivity contribution is 6.31. The molecular weight excluding hydrogens is 348 g/mol. The fourth-order valence-corrected chi connectivity index (χ4v) is 2.94. The van der Waals surface area contributed by atoms with Crippen molar-refractivity contribution in [2.45, 2.75) is 33.4 Å². The first-order valence-corrected chi connectivity index (χ1v) is 9.54. The highest BCUT2D eigenvalue weighted by atomic mass is 35.5. The average Bonchev–Trinajstić information content (AvgIpc) is 2.99. The highest BCUT2D eigenvalue weighted by Gasteiger charge is 2.19. The maximum atomic E-state index is 12.7. The number of nitrogens with one attached hydrogen (secondary N) is 1. The van der Waals surface area contributed by atoms with Crippen LogP contribution in [0.15, 0.2) is 36.7 Å². The minimum atomic E-state index is 0.188. The molecule has 1 aromatic heterocycles. The molecule has 2 rings (SSSR count). The van der Waals surface area contributed by atoms with Gasteiger partial charge in [-0.25, -0.2) is 4.98 Å². The molecule has 0 fully saturated rings. The van der Waals surface area contributed by atoms with Gasteiger partial charge in [0, 0.05) is 23.8 Å². The van der Waals surface area contributed by atoms with Crippen molar-refractivity contribution in [1.82, 2.24) is 14.5 Å². The second-order valence-electron chi connectivity index (χ2n) is 7.43. The van der Waals surface area contributed by atoms with Gasteiger partial charge < -0.3 is 14.4 Å². The first-order valence-electron chi connectivity index (χ1n) is 9.17. The Bertz CT molecular complexity index is 711. The number of imidazole rings is 1. The van der Waals surface area contributed by atoms with Crippen LogP contribution < -0.4 is 4.90 Å². The van der Waals surface area contributed by atoms with Crippen LogP contribution in [-0.2, 0) is 17.9 Å². The van der Waals surface area contributed by atoms with Crippen molar-refractivity contribution in [3.05, 3.63) is 53.1 Å². The van der Waals surface area contributed by atoms with Gasteiger partial charge in [0.05, 0.1) is 40.3 Å². The number of halogens is 1. The molecule has 0 aliphatic rings. The van der Waals surface area contributed by atoms with Gasteiger partial charge in [0.2, 0.25) is 5.91 Å². The molecule has 142 valence electrons. The first-order chi connectivity index (χ1) is 12.4. The molecule has 5 nitrogen and oxygen atoms in total. The molecule has 0 saturated carbocycles. The van der Waals surface area contributed by atoms with Crippen LogP contribution in [0.3, 0.4) is 0 Å². The monoisotopic (exact) mass is 377 g/mol. The number of hydrogen-bond donors (Lipinski definition) is 1. The van der Waals surface area contributed by atoms with Gasteiger partial charge in [-0.2, -0.15) is 0 Å². The Balaban J connectivity index is 2.14. The number of rotatable bonds is 9. The fourth-order valence-electron chi connectivity index (χ4n) is 2.75. The molecule has 1 amide bonds. The summed E-state index contributed by atoms with van der Waals surface area (Å²) in [5.41, 5.74) is 1.05. The summed E-state index contributed by atoms with van der Waals surface area (Å²) in [4.78, 5) is 20.4. The van der Waals surface area contributed by atoms with Crippen LogP contribution in [0.25, 0.3) is 0 Å². The molecule has 0 radical (unpaired) electrons. The number of amides is 1. The van der Waals surface area contributed by atoms with Crippen molar-refractivity contribution in [3.8, 4) is 0 Å². The van der Waals surface area contributed by atoms with Gasteiger partial charge in [-0.3, -0.25) is 4.79 Å². The number of likely N-dealkylation sites (N-methyl/N-ethyl adjacent to an activating group) is 1. The van der Waals surface area contributed by atoms with Crippen molar-refractivity contribution < 1.29 is 9.69 Å². The van der Waals surface area contributed by atoms with Crippen molar-refractivity contribution in [2.75, 3.05) is 27.2 Å². The van der Waals surface area contributed by atoms with Crippen LogP contribution in [0.5, 0.6) is 0 Å². The van der Waals surface area contributed by atoms with Crippen molar-refractivity contribution in [2.24, 2.45) is 5.92 Å². The van der Waals surface area contributed by atoms with E-state index < -0.39 is 0 Å². The second-order valence-corrected chi connectivity index (χ2v) is 7.84. The number of benzene rings is 1. The van der Waals surface area contributed by atoms with Crippen LogP contribution in [-0.4, -0.2) is 47.5 Å².